The van der Waals surface area contributed by atoms with Crippen LogP contribution >= 0.6 is 0 Å². The summed E-state index contributed by atoms with van der Waals surface area (Å²) in [7, 11) is 2.90. The Hall–Kier alpha value is -3.65. The van der Waals surface area contributed by atoms with E-state index in [1.165, 1.54) is 14.2 Å². The van der Waals surface area contributed by atoms with E-state index in [0.29, 0.717) is 34.1 Å². The van der Waals surface area contributed by atoms with Crippen LogP contribution in [0.3, 0.4) is 0 Å². The maximum absolute atomic E-state index is 13.5. The second-order valence-electron chi connectivity index (χ2n) is 7.90. The Morgan fingerprint density at radius 3 is 2.41 bits per heavy atom. The molecule has 2 amide bonds. The number of rotatable bonds is 7. The SMILES string of the molecule is CON(C)C(=O)c1ccc2c(=O)n(CC(C)C)c(CNC(=O)O)c(-c3ccccc3)c2c1. The Morgan fingerprint density at radius 1 is 1.12 bits per heavy atom. The molecule has 3 rings (SSSR count). The molecular weight excluding hydrogens is 410 g/mol. The predicted octanol–water partition coefficient (Wildman–Crippen LogP) is 3.73. The van der Waals surface area contributed by atoms with Crippen molar-refractivity contribution < 1.29 is 19.5 Å². The molecule has 1 aromatic heterocycles. The molecule has 3 aromatic rings. The maximum Gasteiger partial charge on any atom is 0.404 e. The number of hydrogen-bond acceptors (Lipinski definition) is 4. The van der Waals surface area contributed by atoms with Crippen molar-refractivity contribution in [3.63, 3.8) is 0 Å². The van der Waals surface area contributed by atoms with Crippen LogP contribution in [-0.2, 0) is 17.9 Å². The first-order valence-electron chi connectivity index (χ1n) is 10.3. The van der Waals surface area contributed by atoms with E-state index >= 15 is 0 Å². The van der Waals surface area contributed by atoms with Gasteiger partial charge in [0.05, 0.1) is 13.7 Å². The van der Waals surface area contributed by atoms with Gasteiger partial charge in [0.1, 0.15) is 0 Å². The number of amides is 2. The van der Waals surface area contributed by atoms with Gasteiger partial charge < -0.3 is 15.0 Å². The Balaban J connectivity index is 2.41. The van der Waals surface area contributed by atoms with Gasteiger partial charge in [-0.15, -0.1) is 0 Å². The molecule has 168 valence electrons. The normalized spacial score (nSPS) is 11.0. The molecule has 8 nitrogen and oxygen atoms in total. The minimum Gasteiger partial charge on any atom is -0.465 e. The summed E-state index contributed by atoms with van der Waals surface area (Å²) in [6.07, 6.45) is -1.18. The van der Waals surface area contributed by atoms with Crippen LogP contribution in [0.5, 0.6) is 0 Å². The second-order valence-corrected chi connectivity index (χ2v) is 7.90. The molecule has 0 saturated carbocycles. The van der Waals surface area contributed by atoms with Crippen molar-refractivity contribution in [2.75, 3.05) is 14.2 Å². The molecule has 0 aliphatic carbocycles. The van der Waals surface area contributed by atoms with Gasteiger partial charge in [-0.25, -0.2) is 9.86 Å². The molecule has 0 fully saturated rings. The molecule has 0 atom stereocenters. The standard InChI is InChI=1S/C24H27N3O5/c1-15(2)14-27-20(13-25-24(30)31)21(16-8-6-5-7-9-16)19-12-17(22(28)26(3)32-4)10-11-18(19)23(27)29/h5-12,15,25H,13-14H2,1-4H3,(H,30,31). The fraction of sp³-hybridized carbons (Fsp3) is 0.292. The van der Waals surface area contributed by atoms with Gasteiger partial charge in [-0.1, -0.05) is 44.2 Å². The number of carbonyl (C=O) groups is 2. The van der Waals surface area contributed by atoms with E-state index in [1.54, 1.807) is 22.8 Å². The number of carbonyl (C=O) groups excluding carboxylic acids is 1. The van der Waals surface area contributed by atoms with Gasteiger partial charge in [0.25, 0.3) is 11.5 Å². The van der Waals surface area contributed by atoms with Crippen molar-refractivity contribution >= 4 is 22.8 Å². The lowest BCUT2D eigenvalue weighted by atomic mass is 9.94. The first-order valence-corrected chi connectivity index (χ1v) is 10.3. The fourth-order valence-electron chi connectivity index (χ4n) is 3.72. The van der Waals surface area contributed by atoms with E-state index < -0.39 is 6.09 Å². The van der Waals surface area contributed by atoms with E-state index in [2.05, 4.69) is 5.32 Å². The number of benzene rings is 2. The van der Waals surface area contributed by atoms with Crippen molar-refractivity contribution in [1.29, 1.82) is 0 Å². The number of fused-ring (bicyclic) bond motifs is 1. The maximum atomic E-state index is 13.5. The van der Waals surface area contributed by atoms with Crippen LogP contribution in [0.2, 0.25) is 0 Å². The van der Waals surface area contributed by atoms with Crippen molar-refractivity contribution in [3.8, 4) is 11.1 Å². The zero-order valence-electron chi connectivity index (χ0n) is 18.6. The van der Waals surface area contributed by atoms with Crippen LogP contribution in [0.4, 0.5) is 4.79 Å². The van der Waals surface area contributed by atoms with Gasteiger partial charge in [0, 0.05) is 35.8 Å². The zero-order valence-corrected chi connectivity index (χ0v) is 18.6. The van der Waals surface area contributed by atoms with Crippen LogP contribution in [0, 0.1) is 5.92 Å². The summed E-state index contributed by atoms with van der Waals surface area (Å²) in [5.41, 5.74) is 2.22. The smallest absolute Gasteiger partial charge is 0.404 e. The van der Waals surface area contributed by atoms with Gasteiger partial charge >= 0.3 is 6.09 Å². The van der Waals surface area contributed by atoms with Crippen LogP contribution in [0.25, 0.3) is 21.9 Å². The highest BCUT2D eigenvalue weighted by Crippen LogP contribution is 2.32. The first-order chi connectivity index (χ1) is 15.2. The number of pyridine rings is 1. The third-order valence-corrected chi connectivity index (χ3v) is 5.20. The highest BCUT2D eigenvalue weighted by atomic mass is 16.7. The monoisotopic (exact) mass is 437 g/mol. The van der Waals surface area contributed by atoms with Crippen LogP contribution in [-0.4, -0.2) is 40.9 Å². The van der Waals surface area contributed by atoms with E-state index in [0.717, 1.165) is 10.6 Å². The van der Waals surface area contributed by atoms with E-state index in [1.807, 2.05) is 44.2 Å². The van der Waals surface area contributed by atoms with Crippen LogP contribution in [0.15, 0.2) is 53.3 Å². The third-order valence-electron chi connectivity index (χ3n) is 5.20. The largest absolute Gasteiger partial charge is 0.465 e. The molecule has 0 spiro atoms. The molecule has 0 unspecified atom stereocenters. The molecule has 0 aliphatic rings. The number of hydroxylamine groups is 2. The minimum absolute atomic E-state index is 0.0480. The number of hydrogen-bond donors (Lipinski definition) is 2. The molecule has 2 N–H and O–H groups in total. The average molecular weight is 437 g/mol. The lowest BCUT2D eigenvalue weighted by Crippen LogP contribution is -2.31. The Bertz CT molecular complexity index is 1200. The van der Waals surface area contributed by atoms with Crippen molar-refractivity contribution in [3.05, 3.63) is 70.1 Å². The van der Waals surface area contributed by atoms with Crippen molar-refractivity contribution in [2.24, 2.45) is 5.92 Å². The second kappa shape index (κ2) is 9.65. The van der Waals surface area contributed by atoms with Gasteiger partial charge in [-0.2, -0.15) is 0 Å². The van der Waals surface area contributed by atoms with Gasteiger partial charge in [0.2, 0.25) is 0 Å². The summed E-state index contributed by atoms with van der Waals surface area (Å²) in [6.45, 7) is 4.37. The van der Waals surface area contributed by atoms with Crippen molar-refractivity contribution in [1.82, 2.24) is 14.9 Å². The third kappa shape index (κ3) is 4.65. The summed E-state index contributed by atoms with van der Waals surface area (Å²) in [5.74, 6) is -0.196. The lowest BCUT2D eigenvalue weighted by Gasteiger charge is -2.22. The topological polar surface area (TPSA) is 101 Å². The molecular formula is C24H27N3O5. The van der Waals surface area contributed by atoms with Gasteiger partial charge in [0.15, 0.2) is 0 Å². The van der Waals surface area contributed by atoms with Gasteiger partial charge in [-0.05, 0) is 35.1 Å². The van der Waals surface area contributed by atoms with Gasteiger partial charge in [-0.3, -0.25) is 14.4 Å². The number of nitrogens with zero attached hydrogens (tertiary/aromatic N) is 2. The molecule has 0 saturated heterocycles. The summed E-state index contributed by atoms with van der Waals surface area (Å²) in [4.78, 5) is 42.4. The Labute approximate surface area is 186 Å². The first kappa shape index (κ1) is 23.0. The molecule has 1 heterocycles. The zero-order chi connectivity index (χ0) is 23.4. The number of aromatic nitrogens is 1. The molecule has 32 heavy (non-hydrogen) atoms. The minimum atomic E-state index is -1.18. The lowest BCUT2D eigenvalue weighted by molar-refractivity contribution is -0.0756. The molecule has 2 aromatic carbocycles. The Kier molecular flexibility index (Phi) is 6.95. The predicted molar refractivity (Wildman–Crippen MR) is 122 cm³/mol. The molecule has 0 aliphatic heterocycles. The summed E-state index contributed by atoms with van der Waals surface area (Å²) in [5, 5.41) is 13.8. The molecule has 0 radical (unpaired) electrons. The fourth-order valence-corrected chi connectivity index (χ4v) is 3.72. The average Bonchev–Trinajstić information content (AvgIpc) is 2.78. The molecule has 0 bridgehead atoms. The summed E-state index contributed by atoms with van der Waals surface area (Å²) < 4.78 is 1.63. The number of carboxylic acid groups (broad SMARTS) is 1. The quantitative estimate of drug-likeness (QED) is 0.549. The van der Waals surface area contributed by atoms with E-state index in [9.17, 15) is 19.5 Å². The summed E-state index contributed by atoms with van der Waals surface area (Å²) in [6, 6.07) is 14.4. The van der Waals surface area contributed by atoms with E-state index in [-0.39, 0.29) is 23.9 Å². The highest BCUT2D eigenvalue weighted by Gasteiger charge is 2.21. The van der Waals surface area contributed by atoms with Crippen molar-refractivity contribution in [2.45, 2.75) is 26.9 Å². The number of nitrogens with one attached hydrogen (secondary N) is 1. The molecule has 8 heteroatoms. The van der Waals surface area contributed by atoms with E-state index in [4.69, 9.17) is 4.84 Å². The Morgan fingerprint density at radius 2 is 1.81 bits per heavy atom. The highest BCUT2D eigenvalue weighted by molar-refractivity contribution is 6.03. The van der Waals surface area contributed by atoms with Crippen LogP contribution in [0.1, 0.15) is 29.9 Å². The van der Waals surface area contributed by atoms with Crippen LogP contribution < -0.4 is 10.9 Å². The summed E-state index contributed by atoms with van der Waals surface area (Å²) >= 11 is 0.